The van der Waals surface area contributed by atoms with E-state index in [-0.39, 0.29) is 17.2 Å². The van der Waals surface area contributed by atoms with Crippen LogP contribution in [0.4, 0.5) is 0 Å². The van der Waals surface area contributed by atoms with Crippen LogP contribution in [0.25, 0.3) is 0 Å². The van der Waals surface area contributed by atoms with E-state index in [1.807, 2.05) is 0 Å². The molecule has 0 aromatic heterocycles. The van der Waals surface area contributed by atoms with Crippen LogP contribution in [0.1, 0.15) is 31.1 Å². The van der Waals surface area contributed by atoms with E-state index in [0.29, 0.717) is 0 Å². The standard InChI is InChI=1S/C12H16O4/c1-8(2)12(3,15)16-11(14)9-6-4-5-7-10(9)13/h4-8,13,15H,1-3H3. The van der Waals surface area contributed by atoms with Gasteiger partial charge in [0.25, 0.3) is 0 Å². The highest BCUT2D eigenvalue weighted by Crippen LogP contribution is 2.23. The molecular weight excluding hydrogens is 208 g/mol. The van der Waals surface area contributed by atoms with E-state index >= 15 is 0 Å². The number of aliphatic hydroxyl groups is 1. The molecule has 0 aliphatic carbocycles. The van der Waals surface area contributed by atoms with Crippen LogP contribution in [0.2, 0.25) is 0 Å². The molecule has 2 N–H and O–H groups in total. The first-order valence-electron chi connectivity index (χ1n) is 5.08. The average Bonchev–Trinajstić information content (AvgIpc) is 2.17. The van der Waals surface area contributed by atoms with Crippen molar-refractivity contribution in [1.29, 1.82) is 0 Å². The minimum absolute atomic E-state index is 0.0448. The highest BCUT2D eigenvalue weighted by atomic mass is 16.7. The largest absolute Gasteiger partial charge is 0.507 e. The Morgan fingerprint density at radius 3 is 2.44 bits per heavy atom. The second-order valence-corrected chi connectivity index (χ2v) is 4.12. The Bertz CT molecular complexity index is 382. The molecule has 1 unspecified atom stereocenters. The second-order valence-electron chi connectivity index (χ2n) is 4.12. The molecule has 0 saturated carbocycles. The molecule has 0 radical (unpaired) electrons. The maximum absolute atomic E-state index is 11.6. The van der Waals surface area contributed by atoms with Gasteiger partial charge in [0, 0.05) is 12.8 Å². The zero-order valence-electron chi connectivity index (χ0n) is 9.60. The normalized spacial score (nSPS) is 14.6. The molecule has 0 fully saturated rings. The van der Waals surface area contributed by atoms with Gasteiger partial charge in [-0.15, -0.1) is 0 Å². The molecule has 0 spiro atoms. The lowest BCUT2D eigenvalue weighted by Crippen LogP contribution is -2.36. The highest BCUT2D eigenvalue weighted by molar-refractivity contribution is 5.92. The highest BCUT2D eigenvalue weighted by Gasteiger charge is 2.30. The number of phenols is 1. The third-order valence-corrected chi connectivity index (χ3v) is 2.49. The smallest absolute Gasteiger partial charge is 0.344 e. The number of hydrogen-bond donors (Lipinski definition) is 2. The summed E-state index contributed by atoms with van der Waals surface area (Å²) in [7, 11) is 0. The zero-order valence-corrected chi connectivity index (χ0v) is 9.60. The summed E-state index contributed by atoms with van der Waals surface area (Å²) < 4.78 is 4.92. The van der Waals surface area contributed by atoms with Gasteiger partial charge in [-0.2, -0.15) is 0 Å². The number of aromatic hydroxyl groups is 1. The fraction of sp³-hybridized carbons (Fsp3) is 0.417. The van der Waals surface area contributed by atoms with E-state index in [1.54, 1.807) is 26.0 Å². The minimum Gasteiger partial charge on any atom is -0.507 e. The van der Waals surface area contributed by atoms with Crippen LogP contribution in [-0.4, -0.2) is 22.0 Å². The van der Waals surface area contributed by atoms with Crippen molar-refractivity contribution >= 4 is 5.97 Å². The van der Waals surface area contributed by atoms with Crippen molar-refractivity contribution in [2.24, 2.45) is 5.92 Å². The van der Waals surface area contributed by atoms with Crippen molar-refractivity contribution in [3.8, 4) is 5.75 Å². The van der Waals surface area contributed by atoms with Crippen molar-refractivity contribution in [1.82, 2.24) is 0 Å². The number of carbonyl (C=O) groups excluding carboxylic acids is 1. The number of carbonyl (C=O) groups is 1. The molecule has 4 nitrogen and oxygen atoms in total. The number of hydrogen-bond acceptors (Lipinski definition) is 4. The van der Waals surface area contributed by atoms with Crippen LogP contribution >= 0.6 is 0 Å². The predicted octanol–water partition coefficient (Wildman–Crippen LogP) is 1.91. The monoisotopic (exact) mass is 224 g/mol. The Hall–Kier alpha value is -1.55. The lowest BCUT2D eigenvalue weighted by atomic mass is 10.1. The van der Waals surface area contributed by atoms with Crippen LogP contribution in [0.3, 0.4) is 0 Å². The number of rotatable bonds is 3. The molecule has 1 atom stereocenters. The average molecular weight is 224 g/mol. The number of para-hydroxylation sites is 1. The molecule has 4 heteroatoms. The van der Waals surface area contributed by atoms with E-state index in [4.69, 9.17) is 4.74 Å². The summed E-state index contributed by atoms with van der Waals surface area (Å²) in [6, 6.07) is 6.04. The zero-order chi connectivity index (χ0) is 12.3. The summed E-state index contributed by atoms with van der Waals surface area (Å²) in [4.78, 5) is 11.6. The summed E-state index contributed by atoms with van der Waals surface area (Å²) in [5.74, 6) is -2.68. The lowest BCUT2D eigenvalue weighted by Gasteiger charge is -2.27. The Morgan fingerprint density at radius 1 is 1.38 bits per heavy atom. The molecule has 1 aromatic carbocycles. The van der Waals surface area contributed by atoms with Gasteiger partial charge in [0.15, 0.2) is 0 Å². The summed E-state index contributed by atoms with van der Waals surface area (Å²) in [6.07, 6.45) is 0. The van der Waals surface area contributed by atoms with Gasteiger partial charge in [0.05, 0.1) is 0 Å². The van der Waals surface area contributed by atoms with E-state index < -0.39 is 11.8 Å². The number of benzene rings is 1. The van der Waals surface area contributed by atoms with Crippen LogP contribution in [0.5, 0.6) is 5.75 Å². The Labute approximate surface area is 94.5 Å². The van der Waals surface area contributed by atoms with Gasteiger partial charge in [-0.1, -0.05) is 26.0 Å². The quantitative estimate of drug-likeness (QED) is 0.608. The molecule has 0 saturated heterocycles. The summed E-state index contributed by atoms with van der Waals surface area (Å²) in [6.45, 7) is 4.88. The number of phenolic OH excluding ortho intramolecular Hbond substituents is 1. The summed E-state index contributed by atoms with van der Waals surface area (Å²) in [5.41, 5.74) is 0.0448. The Balaban J connectivity index is 2.85. The third kappa shape index (κ3) is 2.73. The molecule has 0 aliphatic heterocycles. The van der Waals surface area contributed by atoms with Gasteiger partial charge in [0.1, 0.15) is 11.3 Å². The van der Waals surface area contributed by atoms with Crippen molar-refractivity contribution < 1.29 is 19.7 Å². The number of ether oxygens (including phenoxy) is 1. The van der Waals surface area contributed by atoms with Gasteiger partial charge in [-0.3, -0.25) is 0 Å². The van der Waals surface area contributed by atoms with Crippen LogP contribution < -0.4 is 0 Å². The van der Waals surface area contributed by atoms with Crippen molar-refractivity contribution in [3.63, 3.8) is 0 Å². The van der Waals surface area contributed by atoms with Crippen molar-refractivity contribution in [3.05, 3.63) is 29.8 Å². The van der Waals surface area contributed by atoms with Crippen LogP contribution in [0, 0.1) is 5.92 Å². The first kappa shape index (κ1) is 12.5. The molecule has 16 heavy (non-hydrogen) atoms. The first-order chi connectivity index (χ1) is 7.34. The van der Waals surface area contributed by atoms with Gasteiger partial charge in [-0.25, -0.2) is 4.79 Å². The van der Waals surface area contributed by atoms with E-state index in [0.717, 1.165) is 0 Å². The predicted molar refractivity (Wildman–Crippen MR) is 59.0 cm³/mol. The van der Waals surface area contributed by atoms with Gasteiger partial charge >= 0.3 is 5.97 Å². The second kappa shape index (κ2) is 4.53. The fourth-order valence-corrected chi connectivity index (χ4v) is 1.01. The number of esters is 1. The molecule has 0 amide bonds. The molecule has 0 bridgehead atoms. The molecule has 0 aliphatic rings. The molecular formula is C12H16O4. The molecule has 0 heterocycles. The maximum Gasteiger partial charge on any atom is 0.344 e. The van der Waals surface area contributed by atoms with Crippen molar-refractivity contribution in [2.45, 2.75) is 26.6 Å². The van der Waals surface area contributed by atoms with Gasteiger partial charge < -0.3 is 14.9 Å². The van der Waals surface area contributed by atoms with Crippen LogP contribution in [0.15, 0.2) is 24.3 Å². The maximum atomic E-state index is 11.6. The van der Waals surface area contributed by atoms with Gasteiger partial charge in [0.2, 0.25) is 5.79 Å². The molecule has 1 rings (SSSR count). The van der Waals surface area contributed by atoms with Gasteiger partial charge in [-0.05, 0) is 12.1 Å². The van der Waals surface area contributed by atoms with E-state index in [1.165, 1.54) is 19.1 Å². The SMILES string of the molecule is CC(C)C(C)(O)OC(=O)c1ccccc1O. The van der Waals surface area contributed by atoms with Crippen LogP contribution in [-0.2, 0) is 4.74 Å². The minimum atomic E-state index is -1.54. The van der Waals surface area contributed by atoms with E-state index in [2.05, 4.69) is 0 Å². The van der Waals surface area contributed by atoms with Crippen molar-refractivity contribution in [2.75, 3.05) is 0 Å². The third-order valence-electron chi connectivity index (χ3n) is 2.49. The van der Waals surface area contributed by atoms with E-state index in [9.17, 15) is 15.0 Å². The summed E-state index contributed by atoms with van der Waals surface area (Å²) >= 11 is 0. The topological polar surface area (TPSA) is 66.8 Å². The Kier molecular flexibility index (Phi) is 3.55. The fourth-order valence-electron chi connectivity index (χ4n) is 1.01. The Morgan fingerprint density at radius 2 is 1.94 bits per heavy atom. The summed E-state index contributed by atoms with van der Waals surface area (Å²) in [5, 5.41) is 19.2. The molecule has 1 aromatic rings. The molecule has 88 valence electrons. The first-order valence-corrected chi connectivity index (χ1v) is 5.08. The lowest BCUT2D eigenvalue weighted by molar-refractivity contribution is -0.179.